The van der Waals surface area contributed by atoms with Crippen LogP contribution in [0.5, 0.6) is 11.5 Å². The summed E-state index contributed by atoms with van der Waals surface area (Å²) >= 11 is 0. The monoisotopic (exact) mass is 544 g/mol. The lowest BCUT2D eigenvalue weighted by atomic mass is 9.84. The van der Waals surface area contributed by atoms with Gasteiger partial charge in [0.25, 0.3) is 0 Å². The van der Waals surface area contributed by atoms with Gasteiger partial charge in [-0.3, -0.25) is 0 Å². The first-order valence-electron chi connectivity index (χ1n) is 15.2. The van der Waals surface area contributed by atoms with Crippen LogP contribution < -0.4 is 9.47 Å². The maximum Gasteiger partial charge on any atom is 0.146 e. The second-order valence-electron chi connectivity index (χ2n) is 10.0. The molecule has 7 rings (SSSR count). The Labute approximate surface area is 246 Å². The number of hydrogen-bond donors (Lipinski definition) is 0. The van der Waals surface area contributed by atoms with Crippen LogP contribution in [-0.4, -0.2) is 11.2 Å². The molecule has 4 aromatic carbocycles. The molecule has 4 aromatic rings. The van der Waals surface area contributed by atoms with E-state index in [1.54, 1.807) is 0 Å². The smallest absolute Gasteiger partial charge is 0.146 e. The molecule has 0 aromatic heterocycles. The van der Waals surface area contributed by atoms with E-state index in [1.807, 2.05) is 41.5 Å². The highest BCUT2D eigenvalue weighted by Crippen LogP contribution is 2.45. The van der Waals surface area contributed by atoms with Crippen molar-refractivity contribution in [3.63, 3.8) is 0 Å². The fourth-order valence-electron chi connectivity index (χ4n) is 5.63. The lowest BCUT2D eigenvalue weighted by molar-refractivity contribution is 0.161. The number of hydrogen-bond acceptors (Lipinski definition) is 2. The lowest BCUT2D eigenvalue weighted by Crippen LogP contribution is -2.37. The molecular formula is C39H44O2. The van der Waals surface area contributed by atoms with Crippen LogP contribution in [0.15, 0.2) is 108 Å². The Morgan fingerprint density at radius 1 is 0.512 bits per heavy atom. The van der Waals surface area contributed by atoms with Crippen LogP contribution in [0.4, 0.5) is 0 Å². The minimum absolute atomic E-state index is 0.490. The van der Waals surface area contributed by atoms with E-state index in [9.17, 15) is 0 Å². The normalized spacial score (nSPS) is 21.3. The molecule has 3 aliphatic rings. The van der Waals surface area contributed by atoms with Crippen LogP contribution in [-0.2, 0) is 0 Å². The number of fused-ring (bicyclic) bond motifs is 6. The summed E-state index contributed by atoms with van der Waals surface area (Å²) in [5.41, 5.74) is 3.81. The molecule has 0 radical (unpaired) electrons. The van der Waals surface area contributed by atoms with Crippen molar-refractivity contribution in [1.29, 1.82) is 0 Å². The predicted octanol–water partition coefficient (Wildman–Crippen LogP) is 11.4. The Kier molecular flexibility index (Phi) is 9.23. The van der Waals surface area contributed by atoms with Gasteiger partial charge in [-0.2, -0.15) is 0 Å². The molecule has 0 bridgehead atoms. The summed E-state index contributed by atoms with van der Waals surface area (Å²) in [6, 6.07) is 25.4. The summed E-state index contributed by atoms with van der Waals surface area (Å²) in [7, 11) is 0. The van der Waals surface area contributed by atoms with E-state index in [-0.39, 0.29) is 0 Å². The van der Waals surface area contributed by atoms with Crippen molar-refractivity contribution < 1.29 is 9.47 Å². The Balaban J connectivity index is 0.000000608. The van der Waals surface area contributed by atoms with Gasteiger partial charge in [-0.15, -0.1) is 0 Å². The van der Waals surface area contributed by atoms with Crippen LogP contribution in [0.25, 0.3) is 33.7 Å². The lowest BCUT2D eigenvalue weighted by Gasteiger charge is -2.36. The Morgan fingerprint density at radius 2 is 0.902 bits per heavy atom. The molecule has 0 N–H and O–H groups in total. The van der Waals surface area contributed by atoms with E-state index in [4.69, 9.17) is 9.47 Å². The Morgan fingerprint density at radius 3 is 1.32 bits per heavy atom. The highest BCUT2D eigenvalue weighted by molar-refractivity contribution is 5.95. The molecular weight excluding hydrogens is 500 g/mol. The largest absolute Gasteiger partial charge is 0.478 e. The summed E-state index contributed by atoms with van der Waals surface area (Å²) in [4.78, 5) is 0. The molecule has 0 amide bonds. The van der Waals surface area contributed by atoms with E-state index >= 15 is 0 Å². The van der Waals surface area contributed by atoms with Crippen molar-refractivity contribution in [2.75, 3.05) is 0 Å². The van der Waals surface area contributed by atoms with E-state index in [0.717, 1.165) is 29.0 Å². The molecule has 0 saturated heterocycles. The van der Waals surface area contributed by atoms with Crippen LogP contribution in [0.2, 0.25) is 0 Å². The van der Waals surface area contributed by atoms with Crippen molar-refractivity contribution in [3.05, 3.63) is 119 Å². The first kappa shape index (κ1) is 29.9. The maximum atomic E-state index is 6.64. The minimum Gasteiger partial charge on any atom is -0.478 e. The Bertz CT molecular complexity index is 1530. The molecule has 2 atom stereocenters. The molecule has 0 fully saturated rings. The van der Waals surface area contributed by atoms with Crippen LogP contribution in [0, 0.1) is 0 Å². The maximum absolute atomic E-state index is 6.64. The van der Waals surface area contributed by atoms with Gasteiger partial charge in [-0.1, -0.05) is 127 Å². The number of rotatable bonds is 2. The van der Waals surface area contributed by atoms with Crippen molar-refractivity contribution in [1.82, 2.24) is 0 Å². The average molecular weight is 545 g/mol. The van der Waals surface area contributed by atoms with Gasteiger partial charge in [0.1, 0.15) is 22.7 Å². The van der Waals surface area contributed by atoms with Crippen molar-refractivity contribution in [3.8, 4) is 11.5 Å². The topological polar surface area (TPSA) is 18.5 Å². The summed E-state index contributed by atoms with van der Waals surface area (Å²) < 4.78 is 13.3. The van der Waals surface area contributed by atoms with E-state index in [1.165, 1.54) is 32.7 Å². The van der Waals surface area contributed by atoms with E-state index in [2.05, 4.69) is 123 Å². The first-order chi connectivity index (χ1) is 20.0. The summed E-state index contributed by atoms with van der Waals surface area (Å²) in [6.45, 7) is 16.3. The van der Waals surface area contributed by atoms with Crippen molar-refractivity contribution >= 4 is 33.7 Å². The van der Waals surface area contributed by atoms with Gasteiger partial charge in [-0.25, -0.2) is 0 Å². The van der Waals surface area contributed by atoms with Crippen LogP contribution >= 0.6 is 0 Å². The molecule has 41 heavy (non-hydrogen) atoms. The van der Waals surface area contributed by atoms with Gasteiger partial charge < -0.3 is 9.47 Å². The molecule has 1 aliphatic carbocycles. The summed E-state index contributed by atoms with van der Waals surface area (Å²) in [6.07, 6.45) is 14.1. The average Bonchev–Trinajstić information content (AvgIpc) is 3.56. The molecule has 2 heteroatoms. The SMILES string of the molecule is CC.CC.CC.CC1(C2=CC=C(C3(C)C=Cc4c(ccc5ccccc45)O3)C2)C=Cc2c(ccc3ccccc23)O1. The molecule has 212 valence electrons. The molecule has 0 spiro atoms. The highest BCUT2D eigenvalue weighted by Gasteiger charge is 2.39. The third-order valence-corrected chi connectivity index (χ3v) is 7.78. The predicted molar refractivity (Wildman–Crippen MR) is 179 cm³/mol. The van der Waals surface area contributed by atoms with Crippen molar-refractivity contribution in [2.24, 2.45) is 0 Å². The second kappa shape index (κ2) is 12.6. The molecule has 0 saturated carbocycles. The molecule has 2 nitrogen and oxygen atoms in total. The fourth-order valence-corrected chi connectivity index (χ4v) is 5.63. The second-order valence-corrected chi connectivity index (χ2v) is 10.0. The Hall–Kier alpha value is -4.04. The van der Waals surface area contributed by atoms with Gasteiger partial charge in [0.15, 0.2) is 0 Å². The van der Waals surface area contributed by atoms with E-state index in [0.29, 0.717) is 0 Å². The van der Waals surface area contributed by atoms with Gasteiger partial charge >= 0.3 is 0 Å². The quantitative estimate of drug-likeness (QED) is 0.250. The minimum atomic E-state index is -0.490. The first-order valence-corrected chi connectivity index (χ1v) is 15.2. The third kappa shape index (κ3) is 5.48. The molecule has 2 heterocycles. The van der Waals surface area contributed by atoms with Crippen LogP contribution in [0.3, 0.4) is 0 Å². The number of allylic oxidation sites excluding steroid dienone is 2. The van der Waals surface area contributed by atoms with Crippen LogP contribution in [0.1, 0.15) is 72.9 Å². The summed E-state index contributed by atoms with van der Waals surface area (Å²) in [5.74, 6) is 1.87. The van der Waals surface area contributed by atoms with E-state index < -0.39 is 11.2 Å². The molecule has 2 aliphatic heterocycles. The van der Waals surface area contributed by atoms with Crippen molar-refractivity contribution in [2.45, 2.75) is 73.0 Å². The summed E-state index contributed by atoms with van der Waals surface area (Å²) in [5, 5.41) is 4.91. The van der Waals surface area contributed by atoms with Gasteiger partial charge in [0.05, 0.1) is 0 Å². The highest BCUT2D eigenvalue weighted by atomic mass is 16.5. The zero-order chi connectivity index (χ0) is 29.6. The van der Waals surface area contributed by atoms with Gasteiger partial charge in [-0.05, 0) is 77.2 Å². The zero-order valence-electron chi connectivity index (χ0n) is 25.9. The van der Waals surface area contributed by atoms with Gasteiger partial charge in [0.2, 0.25) is 0 Å². The fraction of sp³-hybridized carbons (Fsp3) is 0.282. The number of benzene rings is 4. The molecule has 2 unspecified atom stereocenters. The number of ether oxygens (including phenoxy) is 2. The zero-order valence-corrected chi connectivity index (χ0v) is 25.9. The van der Waals surface area contributed by atoms with Gasteiger partial charge in [0, 0.05) is 11.1 Å². The third-order valence-electron chi connectivity index (χ3n) is 7.78. The standard InChI is InChI=1S/C33H26O2.3C2H6/c1-32(19-17-28-26-9-5-3-7-22(26)11-15-30(28)34-32)24-13-14-25(21-24)33(2)20-18-29-27-10-6-4-8-23(27)12-16-31(29)35-33;3*1-2/h3-20H,21H2,1-2H3;3*1-2H3.